The van der Waals surface area contributed by atoms with Gasteiger partial charge >= 0.3 is 0 Å². The average Bonchev–Trinajstić information content (AvgIpc) is 3.03. The molecule has 2 aromatic heterocycles. The Labute approximate surface area is 152 Å². The Morgan fingerprint density at radius 3 is 2.38 bits per heavy atom. The van der Waals surface area contributed by atoms with E-state index in [2.05, 4.69) is 40.5 Å². The van der Waals surface area contributed by atoms with Crippen LogP contribution in [-0.4, -0.2) is 19.6 Å². The van der Waals surface area contributed by atoms with E-state index in [-0.39, 0.29) is 12.6 Å². The lowest BCUT2D eigenvalue weighted by Gasteiger charge is -2.26. The van der Waals surface area contributed by atoms with Crippen LogP contribution in [0.1, 0.15) is 31.3 Å². The molecule has 0 spiro atoms. The SMILES string of the molecule is CC(C)C(c1ccccc1)n1c(CO)nc2c(N)nc3ccccc3c21. The van der Waals surface area contributed by atoms with Gasteiger partial charge in [0.2, 0.25) is 0 Å². The van der Waals surface area contributed by atoms with Crippen molar-refractivity contribution in [3.05, 3.63) is 66.0 Å². The fraction of sp³-hybridized carbons (Fsp3) is 0.238. The molecule has 26 heavy (non-hydrogen) atoms. The van der Waals surface area contributed by atoms with E-state index in [0.29, 0.717) is 23.1 Å². The maximum absolute atomic E-state index is 10.0. The summed E-state index contributed by atoms with van der Waals surface area (Å²) in [5, 5.41) is 11.0. The number of hydrogen-bond acceptors (Lipinski definition) is 4. The topological polar surface area (TPSA) is 77.0 Å². The van der Waals surface area contributed by atoms with Gasteiger partial charge in [-0.2, -0.15) is 0 Å². The molecule has 4 rings (SSSR count). The number of fused-ring (bicyclic) bond motifs is 3. The van der Waals surface area contributed by atoms with Gasteiger partial charge in [-0.15, -0.1) is 0 Å². The number of para-hydroxylation sites is 1. The highest BCUT2D eigenvalue weighted by Gasteiger charge is 2.25. The van der Waals surface area contributed by atoms with Gasteiger partial charge in [0.05, 0.1) is 17.1 Å². The molecule has 3 N–H and O–H groups in total. The monoisotopic (exact) mass is 346 g/mol. The minimum Gasteiger partial charge on any atom is -0.388 e. The average molecular weight is 346 g/mol. The van der Waals surface area contributed by atoms with Crippen LogP contribution in [0.25, 0.3) is 21.9 Å². The van der Waals surface area contributed by atoms with E-state index < -0.39 is 0 Å². The number of aliphatic hydroxyl groups is 1. The van der Waals surface area contributed by atoms with Crippen LogP contribution in [0.15, 0.2) is 54.6 Å². The van der Waals surface area contributed by atoms with Crippen molar-refractivity contribution in [1.82, 2.24) is 14.5 Å². The first-order valence-electron chi connectivity index (χ1n) is 8.82. The number of imidazole rings is 1. The maximum Gasteiger partial charge on any atom is 0.152 e. The van der Waals surface area contributed by atoms with Crippen LogP contribution in [0.2, 0.25) is 0 Å². The number of rotatable bonds is 4. The van der Waals surface area contributed by atoms with E-state index in [1.54, 1.807) is 0 Å². The predicted molar refractivity (Wildman–Crippen MR) is 105 cm³/mol. The van der Waals surface area contributed by atoms with Crippen molar-refractivity contribution in [2.24, 2.45) is 5.92 Å². The summed E-state index contributed by atoms with van der Waals surface area (Å²) in [6.07, 6.45) is 0. The number of hydrogen-bond donors (Lipinski definition) is 2. The lowest BCUT2D eigenvalue weighted by molar-refractivity contribution is 0.259. The lowest BCUT2D eigenvalue weighted by Crippen LogP contribution is -2.19. The van der Waals surface area contributed by atoms with E-state index in [9.17, 15) is 5.11 Å². The Hall–Kier alpha value is -2.92. The number of nitrogen functional groups attached to an aromatic ring is 1. The zero-order valence-corrected chi connectivity index (χ0v) is 14.9. The van der Waals surface area contributed by atoms with Crippen molar-refractivity contribution in [3.8, 4) is 0 Å². The van der Waals surface area contributed by atoms with E-state index >= 15 is 0 Å². The Balaban J connectivity index is 2.13. The first-order chi connectivity index (χ1) is 12.6. The standard InChI is InChI=1S/C21H22N4O/c1-13(2)19(14-8-4-3-5-9-14)25-17(12-26)24-18-20(25)15-10-6-7-11-16(15)23-21(18)22/h3-11,13,19,26H,12H2,1-2H3,(H2,22,23). The van der Waals surface area contributed by atoms with Crippen LogP contribution in [-0.2, 0) is 6.61 Å². The van der Waals surface area contributed by atoms with Crippen molar-refractivity contribution < 1.29 is 5.11 Å². The first kappa shape index (κ1) is 16.5. The molecular formula is C21H22N4O. The van der Waals surface area contributed by atoms with Crippen LogP contribution in [0.3, 0.4) is 0 Å². The Morgan fingerprint density at radius 2 is 1.69 bits per heavy atom. The van der Waals surface area contributed by atoms with Gasteiger partial charge in [-0.1, -0.05) is 62.4 Å². The number of nitrogens with two attached hydrogens (primary N) is 1. The summed E-state index contributed by atoms with van der Waals surface area (Å²) in [6.45, 7) is 4.20. The smallest absolute Gasteiger partial charge is 0.152 e. The third-order valence-corrected chi connectivity index (χ3v) is 4.82. The molecule has 0 radical (unpaired) electrons. The molecule has 4 aromatic rings. The van der Waals surface area contributed by atoms with Gasteiger partial charge in [0.15, 0.2) is 5.82 Å². The van der Waals surface area contributed by atoms with E-state index in [1.807, 2.05) is 42.5 Å². The van der Waals surface area contributed by atoms with Crippen LogP contribution in [0.4, 0.5) is 5.82 Å². The summed E-state index contributed by atoms with van der Waals surface area (Å²) < 4.78 is 2.13. The molecule has 0 saturated heterocycles. The summed E-state index contributed by atoms with van der Waals surface area (Å²) >= 11 is 0. The third-order valence-electron chi connectivity index (χ3n) is 4.82. The van der Waals surface area contributed by atoms with Crippen molar-refractivity contribution in [1.29, 1.82) is 0 Å². The van der Waals surface area contributed by atoms with Gasteiger partial charge in [0.1, 0.15) is 17.9 Å². The highest BCUT2D eigenvalue weighted by molar-refractivity contribution is 6.06. The van der Waals surface area contributed by atoms with Gasteiger partial charge < -0.3 is 15.4 Å². The molecular weight excluding hydrogens is 324 g/mol. The second kappa shape index (κ2) is 6.42. The van der Waals surface area contributed by atoms with E-state index in [0.717, 1.165) is 16.4 Å². The minimum atomic E-state index is -0.154. The van der Waals surface area contributed by atoms with Crippen molar-refractivity contribution in [2.45, 2.75) is 26.5 Å². The molecule has 132 valence electrons. The van der Waals surface area contributed by atoms with Gasteiger partial charge in [-0.25, -0.2) is 9.97 Å². The normalized spacial score (nSPS) is 12.9. The van der Waals surface area contributed by atoms with Crippen molar-refractivity contribution in [2.75, 3.05) is 5.73 Å². The lowest BCUT2D eigenvalue weighted by atomic mass is 9.95. The van der Waals surface area contributed by atoms with Gasteiger partial charge in [0.25, 0.3) is 0 Å². The molecule has 2 aromatic carbocycles. The van der Waals surface area contributed by atoms with Crippen LogP contribution >= 0.6 is 0 Å². The summed E-state index contributed by atoms with van der Waals surface area (Å²) in [4.78, 5) is 9.12. The zero-order chi connectivity index (χ0) is 18.3. The molecule has 1 unspecified atom stereocenters. The molecule has 0 amide bonds. The van der Waals surface area contributed by atoms with Crippen LogP contribution in [0, 0.1) is 5.92 Å². The highest BCUT2D eigenvalue weighted by Crippen LogP contribution is 2.36. The minimum absolute atomic E-state index is 0.0357. The fourth-order valence-electron chi connectivity index (χ4n) is 3.76. The summed E-state index contributed by atoms with van der Waals surface area (Å²) in [5.74, 6) is 1.29. The van der Waals surface area contributed by atoms with Crippen LogP contribution < -0.4 is 5.73 Å². The Kier molecular flexibility index (Phi) is 4.09. The first-order valence-corrected chi connectivity index (χ1v) is 8.82. The van der Waals surface area contributed by atoms with Gasteiger partial charge in [0, 0.05) is 5.39 Å². The van der Waals surface area contributed by atoms with E-state index in [4.69, 9.17) is 5.73 Å². The van der Waals surface area contributed by atoms with E-state index in [1.165, 1.54) is 5.56 Å². The molecule has 0 bridgehead atoms. The second-order valence-electron chi connectivity index (χ2n) is 6.87. The van der Waals surface area contributed by atoms with Crippen molar-refractivity contribution >= 4 is 27.8 Å². The molecule has 5 heteroatoms. The zero-order valence-electron chi connectivity index (χ0n) is 14.9. The number of anilines is 1. The van der Waals surface area contributed by atoms with Gasteiger partial charge in [-0.05, 0) is 17.5 Å². The molecule has 0 aliphatic heterocycles. The number of nitrogens with zero attached hydrogens (tertiary/aromatic N) is 3. The number of pyridine rings is 1. The molecule has 2 heterocycles. The largest absolute Gasteiger partial charge is 0.388 e. The quantitative estimate of drug-likeness (QED) is 0.587. The fourth-order valence-corrected chi connectivity index (χ4v) is 3.76. The maximum atomic E-state index is 10.0. The highest BCUT2D eigenvalue weighted by atomic mass is 16.3. The molecule has 0 aliphatic rings. The summed E-state index contributed by atoms with van der Waals surface area (Å²) in [7, 11) is 0. The van der Waals surface area contributed by atoms with Crippen LogP contribution in [0.5, 0.6) is 0 Å². The number of aromatic nitrogens is 3. The van der Waals surface area contributed by atoms with Crippen molar-refractivity contribution in [3.63, 3.8) is 0 Å². The number of benzene rings is 2. The summed E-state index contributed by atoms with van der Waals surface area (Å²) in [5.41, 5.74) is 9.79. The Morgan fingerprint density at radius 1 is 1.00 bits per heavy atom. The summed E-state index contributed by atoms with van der Waals surface area (Å²) in [6, 6.07) is 18.3. The second-order valence-corrected chi connectivity index (χ2v) is 6.87. The number of aliphatic hydroxyl groups excluding tert-OH is 1. The molecule has 0 aliphatic carbocycles. The molecule has 0 saturated carbocycles. The molecule has 0 fully saturated rings. The third kappa shape index (κ3) is 2.52. The predicted octanol–water partition coefficient (Wildman–Crippen LogP) is 3.90. The molecule has 1 atom stereocenters. The van der Waals surface area contributed by atoms with Gasteiger partial charge in [-0.3, -0.25) is 0 Å². The molecule has 5 nitrogen and oxygen atoms in total. The Bertz CT molecular complexity index is 1070.